The highest BCUT2D eigenvalue weighted by molar-refractivity contribution is 8.07. The van der Waals surface area contributed by atoms with E-state index in [2.05, 4.69) is 17.0 Å². The normalized spacial score (nSPS) is 29.4. The Hall–Kier alpha value is -1.20. The molecule has 162 valence electrons. The lowest BCUT2D eigenvalue weighted by Crippen LogP contribution is -2.60. The quantitative estimate of drug-likeness (QED) is 0.729. The van der Waals surface area contributed by atoms with E-state index >= 15 is 0 Å². The average molecular weight is 444 g/mol. The predicted molar refractivity (Wildman–Crippen MR) is 111 cm³/mol. The maximum absolute atomic E-state index is 13.1. The lowest BCUT2D eigenvalue weighted by atomic mass is 9.77. The van der Waals surface area contributed by atoms with Gasteiger partial charge < -0.3 is 10.5 Å². The maximum Gasteiger partial charge on any atom is 0.245 e. The van der Waals surface area contributed by atoms with Crippen LogP contribution in [0.15, 0.2) is 18.2 Å². The highest BCUT2D eigenvalue weighted by Gasteiger charge is 2.48. The van der Waals surface area contributed by atoms with Gasteiger partial charge in [0, 0.05) is 38.0 Å². The third kappa shape index (κ3) is 3.69. The van der Waals surface area contributed by atoms with Gasteiger partial charge in [0.1, 0.15) is 5.75 Å². The molecule has 2 N–H and O–H groups in total. The Morgan fingerprint density at radius 2 is 1.97 bits per heavy atom. The molecule has 0 spiro atoms. The van der Waals surface area contributed by atoms with Crippen molar-refractivity contribution < 1.29 is 21.6 Å². The summed E-state index contributed by atoms with van der Waals surface area (Å²) in [7, 11) is -6.38. The first-order chi connectivity index (χ1) is 13.6. The lowest BCUT2D eigenvalue weighted by Gasteiger charge is -2.52. The van der Waals surface area contributed by atoms with Gasteiger partial charge in [-0.15, -0.1) is 0 Å². The van der Waals surface area contributed by atoms with Crippen molar-refractivity contribution in [2.24, 2.45) is 11.7 Å². The van der Waals surface area contributed by atoms with Gasteiger partial charge in [0.15, 0.2) is 9.84 Å². The summed E-state index contributed by atoms with van der Waals surface area (Å²) in [4.78, 5) is 2.45. The second kappa shape index (κ2) is 7.49. The standard InChI is InChI=1S/C19H29N3O5S2/c1-27-15-5-6-16-13(10-15)7-9-21-12-14-4-3-8-22(17(14)11-18(16)21)29(25,26)19(20)28(2,23)24/h5-6,10,14,17-19H,3-4,7-9,11-12,20H2,1-2H3/t14-,17+,18-,19?/m0/s1. The number of benzene rings is 1. The third-order valence-electron chi connectivity index (χ3n) is 6.66. The molecule has 2 saturated heterocycles. The van der Waals surface area contributed by atoms with Crippen molar-refractivity contribution in [1.82, 2.24) is 9.21 Å². The van der Waals surface area contributed by atoms with Gasteiger partial charge in [0.25, 0.3) is 0 Å². The molecule has 0 aromatic heterocycles. The van der Waals surface area contributed by atoms with Gasteiger partial charge in [0.2, 0.25) is 14.7 Å². The number of sulfonamides is 1. The van der Waals surface area contributed by atoms with Crippen LogP contribution in [0.25, 0.3) is 0 Å². The fourth-order valence-electron chi connectivity index (χ4n) is 5.19. The molecule has 3 heterocycles. The minimum Gasteiger partial charge on any atom is -0.497 e. The van der Waals surface area contributed by atoms with Crippen molar-refractivity contribution in [3.05, 3.63) is 29.3 Å². The average Bonchev–Trinajstić information content (AvgIpc) is 2.69. The second-order valence-electron chi connectivity index (χ2n) is 8.38. The van der Waals surface area contributed by atoms with Crippen LogP contribution in [-0.2, 0) is 26.3 Å². The Labute approximate surface area is 173 Å². The van der Waals surface area contributed by atoms with E-state index in [1.54, 1.807) is 7.11 Å². The topological polar surface area (TPSA) is 110 Å². The zero-order valence-electron chi connectivity index (χ0n) is 16.8. The van der Waals surface area contributed by atoms with Crippen molar-refractivity contribution in [2.45, 2.75) is 42.5 Å². The van der Waals surface area contributed by atoms with Crippen LogP contribution in [-0.4, -0.2) is 69.8 Å². The molecule has 1 unspecified atom stereocenters. The van der Waals surface area contributed by atoms with Crippen molar-refractivity contribution >= 4 is 19.9 Å². The third-order valence-corrected chi connectivity index (χ3v) is 11.0. The Morgan fingerprint density at radius 3 is 2.66 bits per heavy atom. The first-order valence-corrected chi connectivity index (χ1v) is 13.4. The minimum absolute atomic E-state index is 0.121. The summed E-state index contributed by atoms with van der Waals surface area (Å²) in [6.45, 7) is 2.08. The van der Waals surface area contributed by atoms with Gasteiger partial charge in [-0.2, -0.15) is 4.31 Å². The van der Waals surface area contributed by atoms with Gasteiger partial charge in [-0.3, -0.25) is 4.90 Å². The van der Waals surface area contributed by atoms with Gasteiger partial charge in [-0.1, -0.05) is 6.07 Å². The number of nitrogens with zero attached hydrogens (tertiary/aromatic N) is 2. The highest BCUT2D eigenvalue weighted by atomic mass is 32.3. The van der Waals surface area contributed by atoms with Crippen LogP contribution < -0.4 is 10.5 Å². The first-order valence-electron chi connectivity index (χ1n) is 9.99. The molecule has 8 nitrogen and oxygen atoms in total. The molecule has 0 aliphatic carbocycles. The van der Waals surface area contributed by atoms with E-state index in [4.69, 9.17) is 10.5 Å². The predicted octanol–water partition coefficient (Wildman–Crippen LogP) is 0.695. The van der Waals surface area contributed by atoms with Crippen LogP contribution in [0, 0.1) is 5.92 Å². The van der Waals surface area contributed by atoms with Gasteiger partial charge in [-0.25, -0.2) is 16.8 Å². The molecule has 0 bridgehead atoms. The van der Waals surface area contributed by atoms with Crippen LogP contribution in [0.1, 0.15) is 36.4 Å². The molecule has 29 heavy (non-hydrogen) atoms. The fourth-order valence-corrected chi connectivity index (χ4v) is 8.57. The zero-order valence-corrected chi connectivity index (χ0v) is 18.5. The van der Waals surface area contributed by atoms with E-state index in [-0.39, 0.29) is 18.0 Å². The smallest absolute Gasteiger partial charge is 0.245 e. The lowest BCUT2D eigenvalue weighted by molar-refractivity contribution is 0.0218. The Morgan fingerprint density at radius 1 is 1.21 bits per heavy atom. The van der Waals surface area contributed by atoms with E-state index in [9.17, 15) is 16.8 Å². The molecular weight excluding hydrogens is 414 g/mol. The number of hydrogen-bond donors (Lipinski definition) is 1. The number of rotatable bonds is 4. The van der Waals surface area contributed by atoms with Crippen molar-refractivity contribution in [3.8, 4) is 5.75 Å². The molecule has 1 aromatic carbocycles. The highest BCUT2D eigenvalue weighted by Crippen LogP contribution is 2.44. The number of nitrogens with two attached hydrogens (primary N) is 1. The fraction of sp³-hybridized carbons (Fsp3) is 0.684. The minimum atomic E-state index is -4.13. The van der Waals surface area contributed by atoms with Crippen molar-refractivity contribution in [2.75, 3.05) is 33.0 Å². The second-order valence-corrected chi connectivity index (χ2v) is 12.9. The molecule has 0 saturated carbocycles. The van der Waals surface area contributed by atoms with E-state index in [1.165, 1.54) is 15.4 Å². The summed E-state index contributed by atoms with van der Waals surface area (Å²) in [6.07, 6.45) is 4.15. The number of sulfone groups is 1. The summed E-state index contributed by atoms with van der Waals surface area (Å²) >= 11 is 0. The monoisotopic (exact) mass is 443 g/mol. The Bertz CT molecular complexity index is 995. The molecule has 3 aliphatic rings. The molecule has 0 radical (unpaired) electrons. The van der Waals surface area contributed by atoms with Crippen molar-refractivity contribution in [3.63, 3.8) is 0 Å². The summed E-state index contributed by atoms with van der Waals surface area (Å²) in [5, 5.41) is 0. The van der Waals surface area contributed by atoms with Crippen LogP contribution in [0.2, 0.25) is 0 Å². The molecule has 10 heteroatoms. The zero-order chi connectivity index (χ0) is 21.0. The summed E-state index contributed by atoms with van der Waals surface area (Å²) in [5.74, 6) is 1.02. The van der Waals surface area contributed by atoms with E-state index in [1.807, 2.05) is 6.07 Å². The first kappa shape index (κ1) is 21.0. The molecule has 4 atom stereocenters. The molecule has 3 aliphatic heterocycles. The maximum atomic E-state index is 13.1. The number of fused-ring (bicyclic) bond motifs is 4. The number of piperidine rings is 2. The molecule has 0 amide bonds. The summed E-state index contributed by atoms with van der Waals surface area (Å²) in [6, 6.07) is 5.98. The number of ether oxygens (including phenoxy) is 1. The Balaban J connectivity index is 1.66. The summed E-state index contributed by atoms with van der Waals surface area (Å²) < 4.78 is 54.7. The van der Waals surface area contributed by atoms with Gasteiger partial charge in [0.05, 0.1) is 7.11 Å². The van der Waals surface area contributed by atoms with Crippen LogP contribution >= 0.6 is 0 Å². The van der Waals surface area contributed by atoms with Crippen molar-refractivity contribution in [1.29, 1.82) is 0 Å². The largest absolute Gasteiger partial charge is 0.497 e. The molecular formula is C19H29N3O5S2. The molecule has 2 fully saturated rings. The summed E-state index contributed by atoms with van der Waals surface area (Å²) in [5.41, 5.74) is 8.13. The van der Waals surface area contributed by atoms with E-state index in [0.29, 0.717) is 13.0 Å². The number of methoxy groups -OCH3 is 1. The van der Waals surface area contributed by atoms with Crippen LogP contribution in [0.5, 0.6) is 5.75 Å². The Kier molecular flexibility index (Phi) is 5.44. The molecule has 4 rings (SSSR count). The van der Waals surface area contributed by atoms with Crippen LogP contribution in [0.4, 0.5) is 0 Å². The van der Waals surface area contributed by atoms with E-state index in [0.717, 1.165) is 44.4 Å². The van der Waals surface area contributed by atoms with Gasteiger partial charge in [-0.05, 0) is 54.9 Å². The molecule has 1 aromatic rings. The van der Waals surface area contributed by atoms with Gasteiger partial charge >= 0.3 is 0 Å². The SMILES string of the molecule is COc1ccc2c(c1)CCN1C[C@@H]3CCCN(S(=O)(=O)C(N)S(C)(=O)=O)[C@@H]3C[C@@H]21. The van der Waals surface area contributed by atoms with E-state index < -0.39 is 24.6 Å². The van der Waals surface area contributed by atoms with Crippen LogP contribution in [0.3, 0.4) is 0 Å². The number of hydrogen-bond acceptors (Lipinski definition) is 7.